The summed E-state index contributed by atoms with van der Waals surface area (Å²) in [6, 6.07) is 12.1. The number of hydrogen-bond donors (Lipinski definition) is 0. The Labute approximate surface area is 107 Å². The normalized spacial score (nSPS) is 10.3. The number of allylic oxidation sites excluding steroid dienone is 1. The van der Waals surface area contributed by atoms with Crippen molar-refractivity contribution in [1.82, 2.24) is 0 Å². The topological polar surface area (TPSA) is 26.3 Å². The lowest BCUT2D eigenvalue weighted by Gasteiger charge is -2.11. The molecule has 0 heterocycles. The molecule has 0 fully saturated rings. The highest BCUT2D eigenvalue weighted by Crippen LogP contribution is 2.27. The summed E-state index contributed by atoms with van der Waals surface area (Å²) in [5.41, 5.74) is 3.19. The molecule has 0 atom stereocenters. The van der Waals surface area contributed by atoms with Crippen molar-refractivity contribution in [3.05, 3.63) is 54.1 Å². The van der Waals surface area contributed by atoms with E-state index in [1.165, 1.54) is 6.92 Å². The molecule has 0 unspecified atom stereocenters. The van der Waals surface area contributed by atoms with E-state index in [-0.39, 0.29) is 5.97 Å². The van der Waals surface area contributed by atoms with Crippen molar-refractivity contribution < 1.29 is 9.53 Å². The van der Waals surface area contributed by atoms with Crippen LogP contribution in [-0.4, -0.2) is 5.97 Å². The molecule has 0 aliphatic heterocycles. The molecule has 0 aliphatic rings. The number of benzene rings is 2. The lowest BCUT2D eigenvalue weighted by molar-refractivity contribution is -0.142. The van der Waals surface area contributed by atoms with Crippen molar-refractivity contribution in [2.24, 2.45) is 0 Å². The standard InChI is InChI=1S/C16H16O2/c1-11(2)14-9-8-13(10-18-12(3)17)15-6-4-5-7-16(14)15/h4-9H,1,10H2,2-3H3. The third kappa shape index (κ3) is 2.43. The smallest absolute Gasteiger partial charge is 0.302 e. The molecule has 2 aromatic carbocycles. The van der Waals surface area contributed by atoms with Crippen LogP contribution in [-0.2, 0) is 16.1 Å². The molecule has 0 saturated carbocycles. The van der Waals surface area contributed by atoms with Gasteiger partial charge in [-0.25, -0.2) is 0 Å². The molecule has 2 heteroatoms. The molecule has 0 N–H and O–H groups in total. The fourth-order valence-electron chi connectivity index (χ4n) is 2.04. The van der Waals surface area contributed by atoms with Crippen molar-refractivity contribution >= 4 is 22.3 Å². The Morgan fingerprint density at radius 3 is 2.39 bits per heavy atom. The Morgan fingerprint density at radius 2 is 1.78 bits per heavy atom. The molecule has 0 aromatic heterocycles. The maximum absolute atomic E-state index is 10.9. The molecule has 2 rings (SSSR count). The van der Waals surface area contributed by atoms with Crippen molar-refractivity contribution in [1.29, 1.82) is 0 Å². The SMILES string of the molecule is C=C(C)c1ccc(COC(C)=O)c2ccccc12. The molecule has 18 heavy (non-hydrogen) atoms. The van der Waals surface area contributed by atoms with Crippen LogP contribution >= 0.6 is 0 Å². The largest absolute Gasteiger partial charge is 0.461 e. The van der Waals surface area contributed by atoms with Crippen molar-refractivity contribution in [3.8, 4) is 0 Å². The average Bonchev–Trinajstić information content (AvgIpc) is 2.35. The molecule has 0 aliphatic carbocycles. The van der Waals surface area contributed by atoms with Gasteiger partial charge in [0.2, 0.25) is 0 Å². The first-order chi connectivity index (χ1) is 8.59. The maximum atomic E-state index is 10.9. The molecule has 92 valence electrons. The van der Waals surface area contributed by atoms with Crippen LogP contribution in [0.3, 0.4) is 0 Å². The molecule has 0 amide bonds. The first-order valence-corrected chi connectivity index (χ1v) is 5.89. The number of ether oxygens (including phenoxy) is 1. The summed E-state index contributed by atoms with van der Waals surface area (Å²) in [4.78, 5) is 10.9. The van der Waals surface area contributed by atoms with Gasteiger partial charge >= 0.3 is 5.97 Å². The van der Waals surface area contributed by atoms with Gasteiger partial charge in [-0.3, -0.25) is 4.79 Å². The van der Waals surface area contributed by atoms with Crippen LogP contribution in [0.4, 0.5) is 0 Å². The number of rotatable bonds is 3. The van der Waals surface area contributed by atoms with Crippen LogP contribution in [0.1, 0.15) is 25.0 Å². The Bertz CT molecular complexity index is 612. The Morgan fingerprint density at radius 1 is 1.11 bits per heavy atom. The third-order valence-electron chi connectivity index (χ3n) is 2.91. The molecule has 2 aromatic rings. The van der Waals surface area contributed by atoms with Gasteiger partial charge in [0.05, 0.1) is 0 Å². The number of carbonyl (C=O) groups is 1. The molecular formula is C16H16O2. The second-order valence-corrected chi connectivity index (χ2v) is 4.38. The van der Waals surface area contributed by atoms with Gasteiger partial charge in [0, 0.05) is 6.92 Å². The maximum Gasteiger partial charge on any atom is 0.302 e. The third-order valence-corrected chi connectivity index (χ3v) is 2.91. The Kier molecular flexibility index (Phi) is 3.47. The Hall–Kier alpha value is -2.09. The number of hydrogen-bond acceptors (Lipinski definition) is 2. The van der Waals surface area contributed by atoms with Crippen LogP contribution in [0.5, 0.6) is 0 Å². The van der Waals surface area contributed by atoms with Gasteiger partial charge in [-0.05, 0) is 28.8 Å². The second kappa shape index (κ2) is 5.05. The van der Waals surface area contributed by atoms with Crippen LogP contribution in [0.2, 0.25) is 0 Å². The van der Waals surface area contributed by atoms with Crippen LogP contribution in [0.15, 0.2) is 43.0 Å². The quantitative estimate of drug-likeness (QED) is 0.760. The van der Waals surface area contributed by atoms with E-state index in [4.69, 9.17) is 4.74 Å². The van der Waals surface area contributed by atoms with E-state index in [0.717, 1.165) is 27.5 Å². The van der Waals surface area contributed by atoms with E-state index in [1.54, 1.807) is 0 Å². The van der Waals surface area contributed by atoms with Gasteiger partial charge in [0.15, 0.2) is 0 Å². The first-order valence-electron chi connectivity index (χ1n) is 5.89. The zero-order valence-corrected chi connectivity index (χ0v) is 10.7. The zero-order valence-electron chi connectivity index (χ0n) is 10.7. The highest BCUT2D eigenvalue weighted by Gasteiger charge is 2.07. The van der Waals surface area contributed by atoms with Crippen molar-refractivity contribution in [2.45, 2.75) is 20.5 Å². The minimum absolute atomic E-state index is 0.261. The van der Waals surface area contributed by atoms with E-state index in [0.29, 0.717) is 6.61 Å². The Balaban J connectivity index is 2.53. The summed E-state index contributed by atoms with van der Waals surface area (Å²) in [5, 5.41) is 2.26. The number of esters is 1. The fourth-order valence-corrected chi connectivity index (χ4v) is 2.04. The lowest BCUT2D eigenvalue weighted by Crippen LogP contribution is -2.00. The van der Waals surface area contributed by atoms with Gasteiger partial charge in [0.25, 0.3) is 0 Å². The predicted octanol–water partition coefficient (Wildman–Crippen LogP) is 3.94. The van der Waals surface area contributed by atoms with Gasteiger partial charge in [0.1, 0.15) is 6.61 Å². The summed E-state index contributed by atoms with van der Waals surface area (Å²) < 4.78 is 5.08. The minimum atomic E-state index is -0.261. The molecular weight excluding hydrogens is 224 g/mol. The monoisotopic (exact) mass is 240 g/mol. The lowest BCUT2D eigenvalue weighted by atomic mass is 9.96. The first kappa shape index (κ1) is 12.4. The summed E-state index contributed by atoms with van der Waals surface area (Å²) >= 11 is 0. The second-order valence-electron chi connectivity index (χ2n) is 4.38. The van der Waals surface area contributed by atoms with E-state index in [2.05, 4.69) is 12.6 Å². The van der Waals surface area contributed by atoms with Crippen LogP contribution < -0.4 is 0 Å². The van der Waals surface area contributed by atoms with Gasteiger partial charge < -0.3 is 4.74 Å². The molecule has 0 bridgehead atoms. The van der Waals surface area contributed by atoms with Crippen LogP contribution in [0.25, 0.3) is 16.3 Å². The van der Waals surface area contributed by atoms with Gasteiger partial charge in [-0.2, -0.15) is 0 Å². The number of carbonyl (C=O) groups excluding carboxylic acids is 1. The average molecular weight is 240 g/mol. The summed E-state index contributed by atoms with van der Waals surface area (Å²) in [6.07, 6.45) is 0. The highest BCUT2D eigenvalue weighted by atomic mass is 16.5. The van der Waals surface area contributed by atoms with Crippen molar-refractivity contribution in [3.63, 3.8) is 0 Å². The van der Waals surface area contributed by atoms with Crippen molar-refractivity contribution in [2.75, 3.05) is 0 Å². The van der Waals surface area contributed by atoms with E-state index < -0.39 is 0 Å². The summed E-state index contributed by atoms with van der Waals surface area (Å²) in [6.45, 7) is 7.72. The van der Waals surface area contributed by atoms with Gasteiger partial charge in [-0.15, -0.1) is 0 Å². The predicted molar refractivity (Wildman–Crippen MR) is 74.1 cm³/mol. The van der Waals surface area contributed by atoms with E-state index in [1.807, 2.05) is 37.3 Å². The van der Waals surface area contributed by atoms with Gasteiger partial charge in [-0.1, -0.05) is 48.6 Å². The van der Waals surface area contributed by atoms with Crippen LogP contribution in [0, 0.1) is 0 Å². The minimum Gasteiger partial charge on any atom is -0.461 e. The summed E-state index contributed by atoms with van der Waals surface area (Å²) in [7, 11) is 0. The zero-order chi connectivity index (χ0) is 13.1. The van der Waals surface area contributed by atoms with E-state index >= 15 is 0 Å². The highest BCUT2D eigenvalue weighted by molar-refractivity contribution is 5.95. The van der Waals surface area contributed by atoms with E-state index in [9.17, 15) is 4.79 Å². The molecule has 0 spiro atoms. The fraction of sp³-hybridized carbons (Fsp3) is 0.188. The molecule has 2 nitrogen and oxygen atoms in total. The molecule has 0 radical (unpaired) electrons. The summed E-state index contributed by atoms with van der Waals surface area (Å²) in [5.74, 6) is -0.261. The molecule has 0 saturated heterocycles. The number of fused-ring (bicyclic) bond motifs is 1.